The van der Waals surface area contributed by atoms with E-state index in [1.54, 1.807) is 7.11 Å². The Balaban J connectivity index is 1.36. The maximum atomic E-state index is 12.8. The average molecular weight is 426 g/mol. The fourth-order valence-corrected chi connectivity index (χ4v) is 4.32. The number of carbonyl (C=O) groups excluding carboxylic acids is 1. The number of nitrogens with one attached hydrogen (secondary N) is 1. The maximum Gasteiger partial charge on any atom is 0.317 e. The first-order chi connectivity index (χ1) is 15.1. The standard InChI is InChI=1S/C23H31N5O3/c1-17-15-27(11-12-28(17)23(29)26-18-7-4-3-5-8-18)21-14-22(25-16-24-21)31-20-10-6-9-19(13-20)30-2/h6,9-10,13-14,16-18H,3-5,7-8,11-12,15H2,1-2H3,(H,26,29)/t17-/m0/s1. The number of ether oxygens (including phenoxy) is 2. The molecule has 31 heavy (non-hydrogen) atoms. The quantitative estimate of drug-likeness (QED) is 0.784. The fourth-order valence-electron chi connectivity index (χ4n) is 4.32. The zero-order valence-electron chi connectivity index (χ0n) is 18.3. The molecular formula is C23H31N5O3. The van der Waals surface area contributed by atoms with Crippen molar-refractivity contribution in [3.05, 3.63) is 36.7 Å². The summed E-state index contributed by atoms with van der Waals surface area (Å²) in [6, 6.07) is 9.72. The van der Waals surface area contributed by atoms with E-state index in [0.717, 1.165) is 31.0 Å². The van der Waals surface area contributed by atoms with Gasteiger partial charge in [-0.2, -0.15) is 0 Å². The monoisotopic (exact) mass is 425 g/mol. The van der Waals surface area contributed by atoms with Crippen molar-refractivity contribution >= 4 is 11.8 Å². The summed E-state index contributed by atoms with van der Waals surface area (Å²) in [5, 5.41) is 3.23. The van der Waals surface area contributed by atoms with Crippen LogP contribution in [-0.2, 0) is 0 Å². The Kier molecular flexibility index (Phi) is 6.74. The molecule has 2 aromatic rings. The van der Waals surface area contributed by atoms with E-state index in [-0.39, 0.29) is 12.1 Å². The number of rotatable bonds is 5. The molecule has 2 aliphatic rings. The van der Waals surface area contributed by atoms with E-state index in [0.29, 0.717) is 30.8 Å². The Labute approximate surface area is 183 Å². The number of aromatic nitrogens is 2. The number of carbonyl (C=O) groups is 1. The van der Waals surface area contributed by atoms with Crippen LogP contribution in [0.5, 0.6) is 17.4 Å². The van der Waals surface area contributed by atoms with Crippen molar-refractivity contribution in [1.29, 1.82) is 0 Å². The number of amides is 2. The lowest BCUT2D eigenvalue weighted by molar-refractivity contribution is 0.165. The van der Waals surface area contributed by atoms with E-state index in [9.17, 15) is 4.79 Å². The van der Waals surface area contributed by atoms with Crippen LogP contribution >= 0.6 is 0 Å². The van der Waals surface area contributed by atoms with Crippen LogP contribution in [0.2, 0.25) is 0 Å². The number of hydrogen-bond donors (Lipinski definition) is 1. The van der Waals surface area contributed by atoms with Crippen molar-refractivity contribution in [2.75, 3.05) is 31.6 Å². The molecule has 0 spiro atoms. The zero-order valence-corrected chi connectivity index (χ0v) is 18.3. The van der Waals surface area contributed by atoms with Gasteiger partial charge >= 0.3 is 6.03 Å². The second-order valence-electron chi connectivity index (χ2n) is 8.27. The van der Waals surface area contributed by atoms with E-state index >= 15 is 0 Å². The molecule has 2 heterocycles. The van der Waals surface area contributed by atoms with E-state index in [4.69, 9.17) is 9.47 Å². The highest BCUT2D eigenvalue weighted by molar-refractivity contribution is 5.75. The van der Waals surface area contributed by atoms with Gasteiger partial charge in [0, 0.05) is 43.9 Å². The number of benzene rings is 1. The van der Waals surface area contributed by atoms with Crippen molar-refractivity contribution in [3.63, 3.8) is 0 Å². The van der Waals surface area contributed by atoms with Gasteiger partial charge in [-0.15, -0.1) is 0 Å². The van der Waals surface area contributed by atoms with Gasteiger partial charge in [-0.3, -0.25) is 0 Å². The lowest BCUT2D eigenvalue weighted by Crippen LogP contribution is -2.58. The molecule has 2 fully saturated rings. The molecule has 1 aliphatic carbocycles. The summed E-state index contributed by atoms with van der Waals surface area (Å²) < 4.78 is 11.1. The smallest absolute Gasteiger partial charge is 0.317 e. The van der Waals surface area contributed by atoms with Gasteiger partial charge in [0.2, 0.25) is 5.88 Å². The molecule has 166 valence electrons. The Morgan fingerprint density at radius 1 is 1.10 bits per heavy atom. The maximum absolute atomic E-state index is 12.8. The molecule has 1 saturated carbocycles. The first-order valence-electron chi connectivity index (χ1n) is 11.1. The van der Waals surface area contributed by atoms with E-state index < -0.39 is 0 Å². The molecule has 8 nitrogen and oxygen atoms in total. The Bertz CT molecular complexity index is 887. The van der Waals surface area contributed by atoms with Crippen LogP contribution in [0.1, 0.15) is 39.0 Å². The molecule has 2 amide bonds. The first kappa shape index (κ1) is 21.2. The van der Waals surface area contributed by atoms with Crippen LogP contribution in [-0.4, -0.2) is 59.7 Å². The summed E-state index contributed by atoms with van der Waals surface area (Å²) >= 11 is 0. The summed E-state index contributed by atoms with van der Waals surface area (Å²) in [5.41, 5.74) is 0. The Hall–Kier alpha value is -3.03. The van der Waals surface area contributed by atoms with Gasteiger partial charge in [0.1, 0.15) is 23.6 Å². The van der Waals surface area contributed by atoms with E-state index in [1.807, 2.05) is 35.2 Å². The SMILES string of the molecule is COc1cccc(Oc2cc(N3CCN(C(=O)NC4CCCCC4)[C@@H](C)C3)ncn2)c1. The predicted octanol–water partition coefficient (Wildman–Crippen LogP) is 3.83. The molecule has 1 aromatic carbocycles. The Morgan fingerprint density at radius 2 is 1.90 bits per heavy atom. The molecule has 0 radical (unpaired) electrons. The molecule has 1 N–H and O–H groups in total. The number of urea groups is 1. The minimum Gasteiger partial charge on any atom is -0.497 e. The molecule has 8 heteroatoms. The number of anilines is 1. The average Bonchev–Trinajstić information content (AvgIpc) is 2.80. The first-order valence-corrected chi connectivity index (χ1v) is 11.1. The third-order valence-electron chi connectivity index (χ3n) is 6.04. The number of nitrogens with zero attached hydrogens (tertiary/aromatic N) is 4. The number of piperazine rings is 1. The van der Waals surface area contributed by atoms with Gasteiger partial charge in [-0.25, -0.2) is 14.8 Å². The second-order valence-corrected chi connectivity index (χ2v) is 8.27. The molecular weight excluding hydrogens is 394 g/mol. The van der Waals surface area contributed by atoms with Crippen molar-refractivity contribution in [2.24, 2.45) is 0 Å². The van der Waals surface area contributed by atoms with Crippen molar-refractivity contribution in [3.8, 4) is 17.4 Å². The molecule has 1 aromatic heterocycles. The fraction of sp³-hybridized carbons (Fsp3) is 0.522. The van der Waals surface area contributed by atoms with Gasteiger partial charge < -0.3 is 24.6 Å². The van der Waals surface area contributed by atoms with Gasteiger partial charge in [-0.05, 0) is 31.9 Å². The minimum atomic E-state index is 0.0591. The second kappa shape index (κ2) is 9.85. The van der Waals surface area contributed by atoms with Gasteiger partial charge in [-0.1, -0.05) is 25.3 Å². The van der Waals surface area contributed by atoms with Gasteiger partial charge in [0.25, 0.3) is 0 Å². The third-order valence-corrected chi connectivity index (χ3v) is 6.04. The molecule has 1 saturated heterocycles. The highest BCUT2D eigenvalue weighted by Gasteiger charge is 2.29. The van der Waals surface area contributed by atoms with Crippen molar-refractivity contribution < 1.29 is 14.3 Å². The molecule has 1 atom stereocenters. The van der Waals surface area contributed by atoms with Crippen molar-refractivity contribution in [2.45, 2.75) is 51.1 Å². The molecule has 4 rings (SSSR count). The summed E-state index contributed by atoms with van der Waals surface area (Å²) in [5.74, 6) is 2.65. The van der Waals surface area contributed by atoms with Crippen LogP contribution in [0, 0.1) is 0 Å². The lowest BCUT2D eigenvalue weighted by Gasteiger charge is -2.41. The third kappa shape index (κ3) is 5.37. The molecule has 0 bridgehead atoms. The summed E-state index contributed by atoms with van der Waals surface area (Å²) in [6.45, 7) is 4.18. The normalized spacial score (nSPS) is 19.7. The van der Waals surface area contributed by atoms with E-state index in [1.165, 1.54) is 25.6 Å². The van der Waals surface area contributed by atoms with Crippen molar-refractivity contribution in [1.82, 2.24) is 20.2 Å². The highest BCUT2D eigenvalue weighted by Crippen LogP contribution is 2.26. The van der Waals surface area contributed by atoms with Crippen LogP contribution < -0.4 is 19.7 Å². The largest absolute Gasteiger partial charge is 0.497 e. The van der Waals surface area contributed by atoms with Crippen LogP contribution in [0.3, 0.4) is 0 Å². The van der Waals surface area contributed by atoms with Crippen LogP contribution in [0.15, 0.2) is 36.7 Å². The van der Waals surface area contributed by atoms with Crippen LogP contribution in [0.4, 0.5) is 10.6 Å². The zero-order chi connectivity index (χ0) is 21.6. The number of hydrogen-bond acceptors (Lipinski definition) is 6. The molecule has 0 unspecified atom stereocenters. The van der Waals surface area contributed by atoms with Crippen LogP contribution in [0.25, 0.3) is 0 Å². The summed E-state index contributed by atoms with van der Waals surface area (Å²) in [7, 11) is 1.62. The number of methoxy groups -OCH3 is 1. The Morgan fingerprint density at radius 3 is 2.68 bits per heavy atom. The predicted molar refractivity (Wildman–Crippen MR) is 119 cm³/mol. The summed E-state index contributed by atoms with van der Waals surface area (Å²) in [6.07, 6.45) is 7.40. The van der Waals surface area contributed by atoms with E-state index in [2.05, 4.69) is 27.1 Å². The molecule has 1 aliphatic heterocycles. The minimum absolute atomic E-state index is 0.0591. The topological polar surface area (TPSA) is 79.8 Å². The van der Waals surface area contributed by atoms with Gasteiger partial charge in [0.15, 0.2) is 0 Å². The highest BCUT2D eigenvalue weighted by atomic mass is 16.5. The lowest BCUT2D eigenvalue weighted by atomic mass is 9.96. The van der Waals surface area contributed by atoms with Gasteiger partial charge in [0.05, 0.1) is 7.11 Å². The summed E-state index contributed by atoms with van der Waals surface area (Å²) in [4.78, 5) is 25.6.